The molecular weight excluding hydrogens is 416 g/mol. The highest BCUT2D eigenvalue weighted by molar-refractivity contribution is 5.79. The zero-order valence-electron chi connectivity index (χ0n) is 17.9. The van der Waals surface area contributed by atoms with Crippen LogP contribution in [0, 0.1) is 11.8 Å². The average Bonchev–Trinajstić information content (AvgIpc) is 3.42. The maximum atomic E-state index is 13.0. The number of nitrogens with one attached hydrogen (secondary N) is 1. The smallest absolute Gasteiger partial charge is 0.310 e. The molecule has 0 spiro atoms. The van der Waals surface area contributed by atoms with Crippen LogP contribution < -0.4 is 30.0 Å². The van der Waals surface area contributed by atoms with Crippen molar-refractivity contribution in [1.82, 2.24) is 5.32 Å². The number of ether oxygens (including phenoxy) is 5. The lowest BCUT2D eigenvalue weighted by Gasteiger charge is -2.39. The van der Waals surface area contributed by atoms with Crippen molar-refractivity contribution < 1.29 is 33.6 Å². The second-order valence-electron chi connectivity index (χ2n) is 8.13. The van der Waals surface area contributed by atoms with E-state index >= 15 is 0 Å². The summed E-state index contributed by atoms with van der Waals surface area (Å²) in [5.74, 6) is 0.623. The van der Waals surface area contributed by atoms with E-state index in [2.05, 4.69) is 5.32 Å². The van der Waals surface area contributed by atoms with Crippen LogP contribution in [0.5, 0.6) is 28.7 Å². The van der Waals surface area contributed by atoms with Crippen molar-refractivity contribution in [3.8, 4) is 28.7 Å². The highest BCUT2D eigenvalue weighted by Crippen LogP contribution is 2.55. The Kier molecular flexibility index (Phi) is 5.22. The molecule has 5 rings (SSSR count). The van der Waals surface area contributed by atoms with Gasteiger partial charge in [-0.25, -0.2) is 0 Å². The number of cyclic esters (lactones) is 1. The lowest BCUT2D eigenvalue weighted by Crippen LogP contribution is -2.42. The number of aromatic hydroxyl groups is 1. The van der Waals surface area contributed by atoms with Gasteiger partial charge in [0.2, 0.25) is 12.5 Å². The number of hydrogen-bond acceptors (Lipinski definition) is 9. The summed E-state index contributed by atoms with van der Waals surface area (Å²) in [4.78, 5) is 13.0. The normalized spacial score (nSPS) is 25.2. The Bertz CT molecular complexity index is 1030. The van der Waals surface area contributed by atoms with Crippen LogP contribution in [0.2, 0.25) is 0 Å². The maximum absolute atomic E-state index is 13.0. The number of methoxy groups -OCH3 is 2. The fourth-order valence-electron chi connectivity index (χ4n) is 5.16. The van der Waals surface area contributed by atoms with E-state index < -0.39 is 5.92 Å². The molecule has 2 aliphatic heterocycles. The number of carbonyl (C=O) groups excluding carboxylic acids is 1. The average molecular weight is 442 g/mol. The van der Waals surface area contributed by atoms with Gasteiger partial charge in [-0.3, -0.25) is 4.79 Å². The first-order valence-electron chi connectivity index (χ1n) is 10.6. The van der Waals surface area contributed by atoms with Crippen LogP contribution in [0.1, 0.15) is 28.7 Å². The molecule has 2 aromatic rings. The predicted octanol–water partition coefficient (Wildman–Crippen LogP) is 1.66. The number of carbonyl (C=O) groups is 1. The molecule has 1 saturated heterocycles. The van der Waals surface area contributed by atoms with E-state index in [0.29, 0.717) is 31.2 Å². The summed E-state index contributed by atoms with van der Waals surface area (Å²) < 4.78 is 27.6. The number of esters is 1. The van der Waals surface area contributed by atoms with Gasteiger partial charge in [0.25, 0.3) is 0 Å². The highest BCUT2D eigenvalue weighted by atomic mass is 16.7. The predicted molar refractivity (Wildman–Crippen MR) is 113 cm³/mol. The number of benzene rings is 2. The Morgan fingerprint density at radius 3 is 2.34 bits per heavy atom. The van der Waals surface area contributed by atoms with Crippen molar-refractivity contribution in [3.63, 3.8) is 0 Å². The van der Waals surface area contributed by atoms with Crippen LogP contribution in [-0.2, 0) is 9.53 Å². The van der Waals surface area contributed by atoms with E-state index in [0.717, 1.165) is 16.7 Å². The Labute approximate surface area is 185 Å². The van der Waals surface area contributed by atoms with Crippen molar-refractivity contribution in [1.29, 1.82) is 0 Å². The van der Waals surface area contributed by atoms with Crippen LogP contribution in [0.15, 0.2) is 24.3 Å². The van der Waals surface area contributed by atoms with Gasteiger partial charge in [-0.2, -0.15) is 0 Å². The molecule has 3 aliphatic rings. The molecule has 1 fully saturated rings. The molecule has 2 heterocycles. The van der Waals surface area contributed by atoms with E-state index in [1.165, 1.54) is 14.2 Å². The Balaban J connectivity index is 1.72. The topological polar surface area (TPSA) is 122 Å². The molecule has 9 nitrogen and oxygen atoms in total. The quantitative estimate of drug-likeness (QED) is 0.574. The summed E-state index contributed by atoms with van der Waals surface area (Å²) in [6, 6.07) is 7.27. The molecule has 1 aliphatic carbocycles. The first kappa shape index (κ1) is 20.7. The minimum atomic E-state index is -0.433. The van der Waals surface area contributed by atoms with Crippen molar-refractivity contribution >= 4 is 5.97 Å². The first-order chi connectivity index (χ1) is 15.6. The Hall–Kier alpha value is -3.17. The fourth-order valence-corrected chi connectivity index (χ4v) is 5.16. The molecule has 0 bridgehead atoms. The lowest BCUT2D eigenvalue weighted by atomic mass is 9.65. The van der Waals surface area contributed by atoms with Gasteiger partial charge in [0.15, 0.2) is 23.0 Å². The van der Waals surface area contributed by atoms with Crippen LogP contribution in [-0.4, -0.2) is 51.8 Å². The molecule has 170 valence electrons. The van der Waals surface area contributed by atoms with Gasteiger partial charge in [-0.05, 0) is 41.0 Å². The molecule has 9 heteroatoms. The minimum absolute atomic E-state index is 0.0893. The molecule has 4 atom stereocenters. The van der Waals surface area contributed by atoms with Crippen molar-refractivity contribution in [3.05, 3.63) is 41.0 Å². The van der Waals surface area contributed by atoms with E-state index in [4.69, 9.17) is 29.4 Å². The highest BCUT2D eigenvalue weighted by Gasteiger charge is 2.52. The lowest BCUT2D eigenvalue weighted by molar-refractivity contribution is -0.141. The van der Waals surface area contributed by atoms with Crippen LogP contribution >= 0.6 is 0 Å². The molecule has 4 N–H and O–H groups in total. The number of phenolic OH excluding ortho intramolecular Hbond substituents is 1. The van der Waals surface area contributed by atoms with E-state index in [-0.39, 0.29) is 47.9 Å². The van der Waals surface area contributed by atoms with E-state index in [1.807, 2.05) is 12.1 Å². The third-order valence-corrected chi connectivity index (χ3v) is 6.56. The van der Waals surface area contributed by atoms with Gasteiger partial charge < -0.3 is 39.8 Å². The maximum Gasteiger partial charge on any atom is 0.310 e. The molecule has 32 heavy (non-hydrogen) atoms. The Morgan fingerprint density at radius 1 is 1.06 bits per heavy atom. The molecule has 0 amide bonds. The summed E-state index contributed by atoms with van der Waals surface area (Å²) in [5.41, 5.74) is 8.48. The summed E-state index contributed by atoms with van der Waals surface area (Å²) in [7, 11) is 2.95. The number of fused-ring (bicyclic) bond motifs is 3. The van der Waals surface area contributed by atoms with Gasteiger partial charge in [-0.1, -0.05) is 0 Å². The molecule has 2 aromatic carbocycles. The van der Waals surface area contributed by atoms with Crippen LogP contribution in [0.4, 0.5) is 0 Å². The number of rotatable bonds is 6. The van der Waals surface area contributed by atoms with Gasteiger partial charge in [0, 0.05) is 31.0 Å². The summed E-state index contributed by atoms with van der Waals surface area (Å²) in [6.07, 6.45) is 0. The van der Waals surface area contributed by atoms with E-state index in [9.17, 15) is 9.90 Å². The van der Waals surface area contributed by atoms with Crippen LogP contribution in [0.3, 0.4) is 0 Å². The van der Waals surface area contributed by atoms with Gasteiger partial charge >= 0.3 is 5.97 Å². The molecule has 0 saturated carbocycles. The summed E-state index contributed by atoms with van der Waals surface area (Å²) >= 11 is 0. The van der Waals surface area contributed by atoms with Gasteiger partial charge in [0.05, 0.1) is 26.7 Å². The van der Waals surface area contributed by atoms with Crippen molar-refractivity contribution in [2.24, 2.45) is 17.6 Å². The summed E-state index contributed by atoms with van der Waals surface area (Å²) in [5, 5.41) is 13.9. The van der Waals surface area contributed by atoms with Crippen molar-refractivity contribution in [2.75, 3.05) is 40.7 Å². The zero-order valence-corrected chi connectivity index (χ0v) is 17.9. The van der Waals surface area contributed by atoms with Gasteiger partial charge in [0.1, 0.15) is 0 Å². The molecule has 0 radical (unpaired) electrons. The fraction of sp³-hybridized carbons (Fsp3) is 0.435. The molecule has 0 aromatic heterocycles. The SMILES string of the molecule is COc1cc([C@@H]2c3cc4c(cc3[C@@H](NCCN)[C@H]3COC(=O)[C@H]23)OCO4)cc(OC)c1O. The summed E-state index contributed by atoms with van der Waals surface area (Å²) in [6.45, 7) is 1.53. The largest absolute Gasteiger partial charge is 0.502 e. The zero-order chi connectivity index (χ0) is 22.4. The van der Waals surface area contributed by atoms with Gasteiger partial charge in [-0.15, -0.1) is 0 Å². The standard InChI is InChI=1S/C23H26N2O7/c1-28-17-5-11(6-18(29-2)22(17)26)19-12-7-15-16(32-10-31-15)8-13(12)21(25-4-3-24)14-9-30-23(27)20(14)19/h5-8,14,19-21,25-26H,3-4,9-10,24H2,1-2H3/t14-,19+,20-,21+/m0/s1. The third-order valence-electron chi connectivity index (χ3n) is 6.56. The van der Waals surface area contributed by atoms with Crippen LogP contribution in [0.25, 0.3) is 0 Å². The first-order valence-corrected chi connectivity index (χ1v) is 10.6. The molecular formula is C23H26N2O7. The third kappa shape index (κ3) is 3.11. The second kappa shape index (κ2) is 8.07. The number of phenols is 1. The van der Waals surface area contributed by atoms with Crippen molar-refractivity contribution in [2.45, 2.75) is 12.0 Å². The monoisotopic (exact) mass is 442 g/mol. The second-order valence-corrected chi connectivity index (χ2v) is 8.13. The minimum Gasteiger partial charge on any atom is -0.502 e. The molecule has 0 unspecified atom stereocenters. The number of hydrogen-bond donors (Lipinski definition) is 3. The number of nitrogens with two attached hydrogens (primary N) is 1. The Morgan fingerprint density at radius 2 is 1.72 bits per heavy atom. The van der Waals surface area contributed by atoms with E-state index in [1.54, 1.807) is 12.1 Å².